The van der Waals surface area contributed by atoms with Crippen LogP contribution in [0.1, 0.15) is 65.2 Å². The zero-order valence-corrected chi connectivity index (χ0v) is 17.1. The van der Waals surface area contributed by atoms with Crippen LogP contribution in [0.25, 0.3) is 0 Å². The average molecular weight is 391 g/mol. The van der Waals surface area contributed by atoms with E-state index in [1.807, 2.05) is 6.92 Å². The van der Waals surface area contributed by atoms with Gasteiger partial charge in [0.05, 0.1) is 17.8 Å². The Morgan fingerprint density at radius 2 is 1.82 bits per heavy atom. The number of rotatable bonds is 1. The average Bonchev–Trinajstić information content (AvgIpc) is 3.19. The zero-order valence-electron chi connectivity index (χ0n) is 17.1. The molecule has 5 rings (SSSR count). The van der Waals surface area contributed by atoms with Gasteiger partial charge in [-0.1, -0.05) is 13.8 Å². The van der Waals surface area contributed by atoms with Gasteiger partial charge in [0.25, 0.3) is 0 Å². The van der Waals surface area contributed by atoms with Crippen molar-refractivity contribution in [2.45, 2.75) is 83.0 Å². The molecule has 28 heavy (non-hydrogen) atoms. The summed E-state index contributed by atoms with van der Waals surface area (Å²) >= 11 is 0. The Kier molecular flexibility index (Phi) is 4.12. The van der Waals surface area contributed by atoms with Crippen LogP contribution in [0.3, 0.4) is 0 Å². The number of aliphatic hydroxyl groups excluding tert-OH is 2. The Bertz CT molecular complexity index is 718. The lowest BCUT2D eigenvalue weighted by atomic mass is 9.42. The topological polar surface area (TPSA) is 87.0 Å². The molecule has 5 heteroatoms. The van der Waals surface area contributed by atoms with Crippen molar-refractivity contribution in [3.63, 3.8) is 0 Å². The highest BCUT2D eigenvalue weighted by molar-refractivity contribution is 5.85. The maximum Gasteiger partial charge on any atom is 0.331 e. The first-order chi connectivity index (χ1) is 13.2. The molecule has 0 aromatic carbocycles. The van der Waals surface area contributed by atoms with E-state index in [1.165, 1.54) is 0 Å². The largest absolute Gasteiger partial charge is 0.458 e. The molecule has 0 aromatic heterocycles. The summed E-state index contributed by atoms with van der Waals surface area (Å²) in [5.41, 5.74) is -0.507. The summed E-state index contributed by atoms with van der Waals surface area (Å²) in [5.74, 6) is 0.657. The Labute approximate surface area is 167 Å². The predicted molar refractivity (Wildman–Crippen MR) is 103 cm³/mol. The number of carbonyl (C=O) groups excluding carboxylic acids is 1. The standard InChI is InChI=1S/C23H34O5/c1-21-7-5-15(24)10-14(21)3-4-17-18(21)11-19(25)22(2)16(6-8-23(17,22)27)13-9-20(26)28-12-13/h9,14-19,24-25,27H,3-8,10-12H2,1-2H3/t14-,15+,16-,17-,18+,19-,21+,22-,23-/m0/s1. The summed E-state index contributed by atoms with van der Waals surface area (Å²) in [7, 11) is 0. The maximum atomic E-state index is 12.1. The molecule has 5 aliphatic rings. The number of hydrogen-bond donors (Lipinski definition) is 3. The third-order valence-electron chi connectivity index (χ3n) is 10.0. The minimum absolute atomic E-state index is 0.00129. The SMILES string of the molecule is C[C@@]12CC[C@@H](O)C[C@@H]1CC[C@H]1[C@H]2C[C@H](O)[C@]2(C)[C@H](C3=CC(=O)OC3)CC[C@]12O. The molecule has 0 bridgehead atoms. The minimum Gasteiger partial charge on any atom is -0.458 e. The molecule has 0 amide bonds. The zero-order chi connectivity index (χ0) is 19.9. The van der Waals surface area contributed by atoms with Crippen molar-refractivity contribution < 1.29 is 24.9 Å². The first kappa shape index (κ1) is 19.1. The Hall–Kier alpha value is -0.910. The fourth-order valence-corrected chi connectivity index (χ4v) is 8.37. The quantitative estimate of drug-likeness (QED) is 0.599. The second kappa shape index (κ2) is 6.05. The van der Waals surface area contributed by atoms with Gasteiger partial charge in [-0.2, -0.15) is 0 Å². The molecule has 5 nitrogen and oxygen atoms in total. The van der Waals surface area contributed by atoms with Gasteiger partial charge < -0.3 is 20.1 Å². The van der Waals surface area contributed by atoms with Crippen LogP contribution in [-0.2, 0) is 9.53 Å². The number of ether oxygens (including phenoxy) is 1. The lowest BCUT2D eigenvalue weighted by Crippen LogP contribution is -2.67. The number of carbonyl (C=O) groups is 1. The number of fused-ring (bicyclic) bond motifs is 5. The second-order valence-corrected chi connectivity index (χ2v) is 10.8. The molecular formula is C23H34O5. The number of aliphatic hydroxyl groups is 3. The van der Waals surface area contributed by atoms with Gasteiger partial charge in [0.15, 0.2) is 0 Å². The van der Waals surface area contributed by atoms with Crippen molar-refractivity contribution in [3.8, 4) is 0 Å². The minimum atomic E-state index is -0.906. The highest BCUT2D eigenvalue weighted by atomic mass is 16.5. The third-order valence-corrected chi connectivity index (χ3v) is 10.0. The van der Waals surface area contributed by atoms with Gasteiger partial charge in [-0.25, -0.2) is 4.79 Å². The first-order valence-corrected chi connectivity index (χ1v) is 11.2. The van der Waals surface area contributed by atoms with E-state index in [0.717, 1.165) is 44.1 Å². The number of hydrogen-bond acceptors (Lipinski definition) is 5. The van der Waals surface area contributed by atoms with E-state index in [1.54, 1.807) is 6.08 Å². The first-order valence-electron chi connectivity index (χ1n) is 11.2. The smallest absolute Gasteiger partial charge is 0.331 e. The van der Waals surface area contributed by atoms with Gasteiger partial charge >= 0.3 is 5.97 Å². The number of cyclic esters (lactones) is 1. The van der Waals surface area contributed by atoms with Gasteiger partial charge in [0.1, 0.15) is 6.61 Å². The van der Waals surface area contributed by atoms with Gasteiger partial charge in [-0.15, -0.1) is 0 Å². The van der Waals surface area contributed by atoms with Crippen molar-refractivity contribution in [1.82, 2.24) is 0 Å². The lowest BCUT2D eigenvalue weighted by molar-refractivity contribution is -0.244. The van der Waals surface area contributed by atoms with Crippen molar-refractivity contribution in [2.24, 2.45) is 34.5 Å². The van der Waals surface area contributed by atoms with Crippen LogP contribution >= 0.6 is 0 Å². The summed E-state index contributed by atoms with van der Waals surface area (Å²) in [5, 5.41) is 33.7. The molecule has 4 aliphatic carbocycles. The maximum absolute atomic E-state index is 12.1. The molecule has 0 spiro atoms. The molecule has 3 N–H and O–H groups in total. The van der Waals surface area contributed by atoms with E-state index < -0.39 is 17.1 Å². The van der Waals surface area contributed by atoms with Crippen LogP contribution in [0.15, 0.2) is 11.6 Å². The number of esters is 1. The third kappa shape index (κ3) is 2.27. The van der Waals surface area contributed by atoms with E-state index in [-0.39, 0.29) is 29.3 Å². The molecule has 1 aliphatic heterocycles. The molecule has 9 atom stereocenters. The molecule has 0 radical (unpaired) electrons. The summed E-state index contributed by atoms with van der Waals surface area (Å²) in [6, 6.07) is 0. The molecule has 4 fully saturated rings. The van der Waals surface area contributed by atoms with E-state index in [9.17, 15) is 20.1 Å². The van der Waals surface area contributed by atoms with E-state index in [2.05, 4.69) is 6.92 Å². The van der Waals surface area contributed by atoms with Crippen molar-refractivity contribution in [3.05, 3.63) is 11.6 Å². The molecule has 1 heterocycles. The van der Waals surface area contributed by atoms with Crippen molar-refractivity contribution >= 4 is 5.97 Å². The molecule has 0 aromatic rings. The van der Waals surface area contributed by atoms with E-state index in [4.69, 9.17) is 4.74 Å². The van der Waals surface area contributed by atoms with Crippen LogP contribution < -0.4 is 0 Å². The van der Waals surface area contributed by atoms with Crippen LogP contribution in [0.5, 0.6) is 0 Å². The second-order valence-electron chi connectivity index (χ2n) is 10.8. The van der Waals surface area contributed by atoms with Crippen molar-refractivity contribution in [1.29, 1.82) is 0 Å². The highest BCUT2D eigenvalue weighted by Crippen LogP contribution is 2.69. The Morgan fingerprint density at radius 3 is 2.54 bits per heavy atom. The Morgan fingerprint density at radius 1 is 1.04 bits per heavy atom. The van der Waals surface area contributed by atoms with Gasteiger partial charge in [0, 0.05) is 11.5 Å². The molecule has 4 saturated carbocycles. The summed E-state index contributed by atoms with van der Waals surface area (Å²) in [6.45, 7) is 4.69. The predicted octanol–water partition coefficient (Wildman–Crippen LogP) is 2.58. The highest BCUT2D eigenvalue weighted by Gasteiger charge is 2.70. The lowest BCUT2D eigenvalue weighted by Gasteiger charge is -2.64. The normalized spacial score (nSPS) is 55.8. The molecule has 156 valence electrons. The monoisotopic (exact) mass is 390 g/mol. The molecule has 0 unspecified atom stereocenters. The van der Waals surface area contributed by atoms with Gasteiger partial charge in [-0.3, -0.25) is 0 Å². The van der Waals surface area contributed by atoms with E-state index in [0.29, 0.717) is 31.3 Å². The fraction of sp³-hybridized carbons (Fsp3) is 0.870. The van der Waals surface area contributed by atoms with Gasteiger partial charge in [-0.05, 0) is 86.0 Å². The molecular weight excluding hydrogens is 356 g/mol. The fourth-order valence-electron chi connectivity index (χ4n) is 8.37. The van der Waals surface area contributed by atoms with E-state index >= 15 is 0 Å². The summed E-state index contributed by atoms with van der Waals surface area (Å²) in [4.78, 5) is 11.6. The van der Waals surface area contributed by atoms with Crippen molar-refractivity contribution in [2.75, 3.05) is 6.61 Å². The van der Waals surface area contributed by atoms with Gasteiger partial charge in [0.2, 0.25) is 0 Å². The van der Waals surface area contributed by atoms with Crippen LogP contribution in [0, 0.1) is 34.5 Å². The Balaban J connectivity index is 1.51. The molecule has 0 saturated heterocycles. The van der Waals surface area contributed by atoms with Crippen LogP contribution in [0.4, 0.5) is 0 Å². The van der Waals surface area contributed by atoms with Crippen LogP contribution in [-0.4, -0.2) is 45.7 Å². The van der Waals surface area contributed by atoms with Crippen LogP contribution in [0.2, 0.25) is 0 Å². The summed E-state index contributed by atoms with van der Waals surface area (Å²) in [6.07, 6.45) is 7.69. The summed E-state index contributed by atoms with van der Waals surface area (Å²) < 4.78 is 5.16.